The Bertz CT molecular complexity index is 388. The molecule has 0 aromatic carbocycles. The third-order valence-electron chi connectivity index (χ3n) is 3.32. The van der Waals surface area contributed by atoms with Crippen LogP contribution in [0.3, 0.4) is 0 Å². The third kappa shape index (κ3) is 3.09. The molecule has 0 saturated heterocycles. The van der Waals surface area contributed by atoms with Crippen LogP contribution in [0.15, 0.2) is 10.5 Å². The molecule has 0 unspecified atom stereocenters. The van der Waals surface area contributed by atoms with Crippen molar-refractivity contribution in [3.05, 3.63) is 23.2 Å². The van der Waals surface area contributed by atoms with Crippen LogP contribution in [0.4, 0.5) is 0 Å². The summed E-state index contributed by atoms with van der Waals surface area (Å²) in [4.78, 5) is 10.7. The minimum atomic E-state index is -1.03. The summed E-state index contributed by atoms with van der Waals surface area (Å²) in [5.74, 6) is 0.270. The highest BCUT2D eigenvalue weighted by Crippen LogP contribution is 2.25. The van der Waals surface area contributed by atoms with Gasteiger partial charge in [-0.05, 0) is 31.7 Å². The molecular weight excluding hydrogens is 220 g/mol. The predicted octanol–water partition coefficient (Wildman–Crippen LogP) is 2.99. The zero-order valence-corrected chi connectivity index (χ0v) is 10.1. The molecule has 1 aromatic rings. The van der Waals surface area contributed by atoms with Crippen LogP contribution < -0.4 is 0 Å². The van der Waals surface area contributed by atoms with Crippen LogP contribution in [0.5, 0.6) is 0 Å². The molecule has 4 heteroatoms. The van der Waals surface area contributed by atoms with E-state index in [0.717, 1.165) is 12.2 Å². The van der Waals surface area contributed by atoms with E-state index in [1.165, 1.54) is 25.7 Å². The fourth-order valence-corrected chi connectivity index (χ4v) is 2.28. The van der Waals surface area contributed by atoms with Gasteiger partial charge in [0.15, 0.2) is 0 Å². The average Bonchev–Trinajstić information content (AvgIpc) is 2.89. The van der Waals surface area contributed by atoms with E-state index in [1.54, 1.807) is 13.0 Å². The van der Waals surface area contributed by atoms with Crippen molar-refractivity contribution >= 4 is 5.97 Å². The fourth-order valence-electron chi connectivity index (χ4n) is 2.28. The molecule has 0 atom stereocenters. The van der Waals surface area contributed by atoms with Crippen LogP contribution in [0.2, 0.25) is 0 Å². The van der Waals surface area contributed by atoms with Gasteiger partial charge >= 0.3 is 5.97 Å². The van der Waals surface area contributed by atoms with Gasteiger partial charge in [0.1, 0.15) is 5.76 Å². The second kappa shape index (κ2) is 5.36. The maximum absolute atomic E-state index is 10.7. The maximum atomic E-state index is 10.7. The Balaban J connectivity index is 1.83. The van der Waals surface area contributed by atoms with Crippen LogP contribution in [0.1, 0.15) is 47.6 Å². The number of ether oxygens (including phenoxy) is 1. The fraction of sp³-hybridized carbons (Fsp3) is 0.615. The molecule has 2 rings (SSSR count). The number of furan rings is 1. The summed E-state index contributed by atoms with van der Waals surface area (Å²) in [5.41, 5.74) is 0.834. The number of aryl methyl sites for hydroxylation is 1. The smallest absolute Gasteiger partial charge is 0.371 e. The molecule has 0 amide bonds. The van der Waals surface area contributed by atoms with Gasteiger partial charge in [-0.1, -0.05) is 12.8 Å². The number of hydrogen-bond donors (Lipinski definition) is 1. The topological polar surface area (TPSA) is 59.7 Å². The van der Waals surface area contributed by atoms with Gasteiger partial charge in [0.25, 0.3) is 0 Å². The molecule has 17 heavy (non-hydrogen) atoms. The van der Waals surface area contributed by atoms with Crippen molar-refractivity contribution in [2.45, 2.75) is 39.2 Å². The Labute approximate surface area is 101 Å². The average molecular weight is 238 g/mol. The lowest BCUT2D eigenvalue weighted by atomic mass is 10.1. The molecule has 0 spiro atoms. The molecule has 1 heterocycles. The number of hydrogen-bond acceptors (Lipinski definition) is 3. The van der Waals surface area contributed by atoms with Gasteiger partial charge in [0.05, 0.1) is 6.61 Å². The molecule has 4 nitrogen and oxygen atoms in total. The van der Waals surface area contributed by atoms with E-state index in [-0.39, 0.29) is 5.76 Å². The highest BCUT2D eigenvalue weighted by molar-refractivity contribution is 5.84. The Hall–Kier alpha value is -1.29. The number of carbonyl (C=O) groups is 1. The standard InChI is InChI=1S/C13H18O4/c1-9-11(6-12(17-9)13(14)15)8-16-7-10-4-2-3-5-10/h6,10H,2-5,7-8H2,1H3,(H,14,15). The lowest BCUT2D eigenvalue weighted by Crippen LogP contribution is -2.05. The molecule has 1 N–H and O–H groups in total. The minimum absolute atomic E-state index is 0.0121. The zero-order chi connectivity index (χ0) is 12.3. The lowest BCUT2D eigenvalue weighted by molar-refractivity contribution is 0.0661. The molecule has 0 aliphatic heterocycles. The van der Waals surface area contributed by atoms with Gasteiger partial charge in [-0.15, -0.1) is 0 Å². The van der Waals surface area contributed by atoms with Crippen molar-refractivity contribution in [1.82, 2.24) is 0 Å². The minimum Gasteiger partial charge on any atom is -0.475 e. The van der Waals surface area contributed by atoms with Crippen molar-refractivity contribution < 1.29 is 19.1 Å². The highest BCUT2D eigenvalue weighted by atomic mass is 16.5. The molecule has 1 saturated carbocycles. The normalized spacial score (nSPS) is 16.5. The first-order chi connectivity index (χ1) is 8.16. The molecule has 0 bridgehead atoms. The van der Waals surface area contributed by atoms with Crippen LogP contribution in [-0.4, -0.2) is 17.7 Å². The summed E-state index contributed by atoms with van der Waals surface area (Å²) in [7, 11) is 0. The zero-order valence-electron chi connectivity index (χ0n) is 10.1. The lowest BCUT2D eigenvalue weighted by Gasteiger charge is -2.08. The molecule has 94 valence electrons. The van der Waals surface area contributed by atoms with E-state index in [9.17, 15) is 4.79 Å². The molecule has 1 fully saturated rings. The van der Waals surface area contributed by atoms with E-state index >= 15 is 0 Å². The summed E-state index contributed by atoms with van der Waals surface area (Å²) >= 11 is 0. The summed E-state index contributed by atoms with van der Waals surface area (Å²) in [6, 6.07) is 1.55. The number of carboxylic acids is 1. The second-order valence-corrected chi connectivity index (χ2v) is 4.66. The Kier molecular flexibility index (Phi) is 3.84. The largest absolute Gasteiger partial charge is 0.475 e. The summed E-state index contributed by atoms with van der Waals surface area (Å²) in [6.45, 7) is 2.98. The van der Waals surface area contributed by atoms with Gasteiger partial charge < -0.3 is 14.3 Å². The van der Waals surface area contributed by atoms with Gasteiger partial charge in [-0.25, -0.2) is 4.79 Å². The molecular formula is C13H18O4. The summed E-state index contributed by atoms with van der Waals surface area (Å²) in [6.07, 6.45) is 5.12. The van der Waals surface area contributed by atoms with Crippen molar-refractivity contribution in [2.24, 2.45) is 5.92 Å². The SMILES string of the molecule is Cc1oc(C(=O)O)cc1COCC1CCCC1. The van der Waals surface area contributed by atoms with Crippen LogP contribution >= 0.6 is 0 Å². The summed E-state index contributed by atoms with van der Waals surface area (Å²) in [5, 5.41) is 8.79. The van der Waals surface area contributed by atoms with E-state index in [1.807, 2.05) is 0 Å². The van der Waals surface area contributed by atoms with Crippen LogP contribution in [0, 0.1) is 12.8 Å². The van der Waals surface area contributed by atoms with E-state index < -0.39 is 5.97 Å². The number of rotatable bonds is 5. The first-order valence-corrected chi connectivity index (χ1v) is 6.07. The Morgan fingerprint density at radius 3 is 2.82 bits per heavy atom. The molecule has 1 aliphatic rings. The van der Waals surface area contributed by atoms with Gasteiger partial charge in [-0.2, -0.15) is 0 Å². The predicted molar refractivity (Wildman–Crippen MR) is 62.0 cm³/mol. The quantitative estimate of drug-likeness (QED) is 0.856. The van der Waals surface area contributed by atoms with Crippen molar-refractivity contribution in [3.63, 3.8) is 0 Å². The number of aromatic carboxylic acids is 1. The Morgan fingerprint density at radius 1 is 1.53 bits per heavy atom. The molecule has 0 radical (unpaired) electrons. The monoisotopic (exact) mass is 238 g/mol. The van der Waals surface area contributed by atoms with Gasteiger partial charge in [0, 0.05) is 12.2 Å². The Morgan fingerprint density at radius 2 is 2.24 bits per heavy atom. The van der Waals surface area contributed by atoms with Gasteiger partial charge in [0.2, 0.25) is 5.76 Å². The summed E-state index contributed by atoms with van der Waals surface area (Å²) < 4.78 is 10.7. The van der Waals surface area contributed by atoms with E-state index in [0.29, 0.717) is 18.3 Å². The van der Waals surface area contributed by atoms with Crippen LogP contribution in [-0.2, 0) is 11.3 Å². The molecule has 1 aromatic heterocycles. The van der Waals surface area contributed by atoms with Gasteiger partial charge in [-0.3, -0.25) is 0 Å². The van der Waals surface area contributed by atoms with Crippen molar-refractivity contribution in [1.29, 1.82) is 0 Å². The maximum Gasteiger partial charge on any atom is 0.371 e. The van der Waals surface area contributed by atoms with E-state index in [2.05, 4.69) is 0 Å². The van der Waals surface area contributed by atoms with Crippen molar-refractivity contribution in [3.8, 4) is 0 Å². The second-order valence-electron chi connectivity index (χ2n) is 4.66. The first-order valence-electron chi connectivity index (χ1n) is 6.07. The molecule has 1 aliphatic carbocycles. The number of carboxylic acid groups (broad SMARTS) is 1. The van der Waals surface area contributed by atoms with Crippen LogP contribution in [0.25, 0.3) is 0 Å². The van der Waals surface area contributed by atoms with E-state index in [4.69, 9.17) is 14.3 Å². The third-order valence-corrected chi connectivity index (χ3v) is 3.32. The van der Waals surface area contributed by atoms with Crippen molar-refractivity contribution in [2.75, 3.05) is 6.61 Å². The highest BCUT2D eigenvalue weighted by Gasteiger charge is 2.16. The first kappa shape index (κ1) is 12.2.